The van der Waals surface area contributed by atoms with Crippen LogP contribution >= 0.6 is 0 Å². The standard InChI is InChI=1S/C17H18O5/c1-17(2,20-3)22-15-10-12(16(18)19)9-14(11-15)21-13-7-5-4-6-8-13/h4-11H,1-3H3,(H,18,19). The summed E-state index contributed by atoms with van der Waals surface area (Å²) < 4.78 is 16.5. The third-order valence-corrected chi connectivity index (χ3v) is 2.96. The van der Waals surface area contributed by atoms with E-state index in [2.05, 4.69) is 0 Å². The van der Waals surface area contributed by atoms with Gasteiger partial charge in [-0.25, -0.2) is 4.79 Å². The Morgan fingerprint density at radius 1 is 1.00 bits per heavy atom. The monoisotopic (exact) mass is 302 g/mol. The third kappa shape index (κ3) is 4.23. The first-order chi connectivity index (χ1) is 10.4. The normalized spacial score (nSPS) is 11.0. The SMILES string of the molecule is COC(C)(C)Oc1cc(Oc2ccccc2)cc(C(=O)O)c1. The van der Waals surface area contributed by atoms with Crippen molar-refractivity contribution in [3.05, 3.63) is 54.1 Å². The topological polar surface area (TPSA) is 65.0 Å². The minimum absolute atomic E-state index is 0.0790. The van der Waals surface area contributed by atoms with Crippen molar-refractivity contribution in [1.82, 2.24) is 0 Å². The van der Waals surface area contributed by atoms with Gasteiger partial charge in [0.2, 0.25) is 5.79 Å². The van der Waals surface area contributed by atoms with E-state index in [1.807, 2.05) is 18.2 Å². The summed E-state index contributed by atoms with van der Waals surface area (Å²) in [5.74, 6) is -0.576. The first kappa shape index (κ1) is 15.9. The second kappa shape index (κ2) is 6.49. The van der Waals surface area contributed by atoms with Crippen molar-refractivity contribution in [3.8, 4) is 17.2 Å². The molecule has 5 nitrogen and oxygen atoms in total. The lowest BCUT2D eigenvalue weighted by Gasteiger charge is -2.25. The molecule has 2 aromatic rings. The number of carbonyl (C=O) groups is 1. The van der Waals surface area contributed by atoms with Crippen molar-refractivity contribution in [3.63, 3.8) is 0 Å². The van der Waals surface area contributed by atoms with Crippen LogP contribution in [0.1, 0.15) is 24.2 Å². The molecule has 0 amide bonds. The summed E-state index contributed by atoms with van der Waals surface area (Å²) in [6, 6.07) is 13.6. The van der Waals surface area contributed by atoms with Crippen molar-refractivity contribution >= 4 is 5.97 Å². The van der Waals surface area contributed by atoms with E-state index in [1.54, 1.807) is 32.0 Å². The molecule has 0 heterocycles. The molecule has 0 aliphatic rings. The van der Waals surface area contributed by atoms with Crippen LogP contribution in [-0.2, 0) is 4.74 Å². The van der Waals surface area contributed by atoms with Gasteiger partial charge in [0.15, 0.2) is 0 Å². The van der Waals surface area contributed by atoms with E-state index in [9.17, 15) is 9.90 Å². The van der Waals surface area contributed by atoms with Crippen molar-refractivity contribution in [2.45, 2.75) is 19.6 Å². The highest BCUT2D eigenvalue weighted by Crippen LogP contribution is 2.29. The average molecular weight is 302 g/mol. The predicted molar refractivity (Wildman–Crippen MR) is 81.6 cm³/mol. The Balaban J connectivity index is 2.33. The molecule has 0 fully saturated rings. The number of methoxy groups -OCH3 is 1. The highest BCUT2D eigenvalue weighted by Gasteiger charge is 2.20. The summed E-state index contributed by atoms with van der Waals surface area (Å²) in [7, 11) is 1.52. The van der Waals surface area contributed by atoms with E-state index in [-0.39, 0.29) is 5.56 Å². The fraction of sp³-hybridized carbons (Fsp3) is 0.235. The maximum atomic E-state index is 11.3. The largest absolute Gasteiger partial charge is 0.478 e. The number of hydrogen-bond acceptors (Lipinski definition) is 4. The van der Waals surface area contributed by atoms with Crippen molar-refractivity contribution < 1.29 is 24.1 Å². The summed E-state index contributed by atoms with van der Waals surface area (Å²) in [6.45, 7) is 3.47. The Hall–Kier alpha value is -2.53. The van der Waals surface area contributed by atoms with Gasteiger partial charge in [-0.2, -0.15) is 0 Å². The zero-order chi connectivity index (χ0) is 16.2. The summed E-state index contributed by atoms with van der Waals surface area (Å²) in [5.41, 5.74) is 0.0790. The van der Waals surface area contributed by atoms with Crippen LogP contribution in [0.3, 0.4) is 0 Å². The van der Waals surface area contributed by atoms with Gasteiger partial charge >= 0.3 is 5.97 Å². The van der Waals surface area contributed by atoms with Gasteiger partial charge in [-0.3, -0.25) is 0 Å². The number of ether oxygens (including phenoxy) is 3. The lowest BCUT2D eigenvalue weighted by atomic mass is 10.2. The molecule has 5 heteroatoms. The van der Waals surface area contributed by atoms with Crippen molar-refractivity contribution in [2.24, 2.45) is 0 Å². The van der Waals surface area contributed by atoms with Crippen LogP contribution in [0.5, 0.6) is 17.2 Å². The Labute approximate surface area is 129 Å². The fourth-order valence-electron chi connectivity index (χ4n) is 1.76. The first-order valence-corrected chi connectivity index (χ1v) is 6.75. The summed E-state index contributed by atoms with van der Waals surface area (Å²) in [5, 5.41) is 9.21. The molecular weight excluding hydrogens is 284 g/mol. The van der Waals surface area contributed by atoms with Gasteiger partial charge in [0.1, 0.15) is 17.2 Å². The minimum atomic E-state index is -1.06. The number of rotatable bonds is 6. The molecule has 0 aliphatic carbocycles. The molecule has 0 saturated heterocycles. The zero-order valence-corrected chi connectivity index (χ0v) is 12.7. The molecule has 0 saturated carbocycles. The molecule has 116 valence electrons. The van der Waals surface area contributed by atoms with Crippen LogP contribution in [0.15, 0.2) is 48.5 Å². The molecule has 0 atom stereocenters. The number of para-hydroxylation sites is 1. The average Bonchev–Trinajstić information content (AvgIpc) is 2.47. The molecule has 1 N–H and O–H groups in total. The number of benzene rings is 2. The van der Waals surface area contributed by atoms with Gasteiger partial charge in [0.25, 0.3) is 0 Å². The molecule has 0 aliphatic heterocycles. The predicted octanol–water partition coefficient (Wildman–Crippen LogP) is 3.94. The number of hydrogen-bond donors (Lipinski definition) is 1. The Morgan fingerprint density at radius 2 is 1.64 bits per heavy atom. The van der Waals surface area contributed by atoms with Crippen LogP contribution in [0, 0.1) is 0 Å². The zero-order valence-electron chi connectivity index (χ0n) is 12.7. The third-order valence-electron chi connectivity index (χ3n) is 2.96. The Bertz CT molecular complexity index is 649. The van der Waals surface area contributed by atoms with E-state index >= 15 is 0 Å². The lowest BCUT2D eigenvalue weighted by Crippen LogP contribution is -2.30. The Kier molecular flexibility index (Phi) is 4.68. The van der Waals surface area contributed by atoms with Gasteiger partial charge in [-0.05, 0) is 24.3 Å². The van der Waals surface area contributed by atoms with Crippen LogP contribution in [0.25, 0.3) is 0 Å². The van der Waals surface area contributed by atoms with Gasteiger partial charge < -0.3 is 19.3 Å². The molecule has 2 rings (SSSR count). The number of aromatic carboxylic acids is 1. The summed E-state index contributed by atoms with van der Waals surface area (Å²) >= 11 is 0. The molecule has 0 aromatic heterocycles. The number of carboxylic acid groups (broad SMARTS) is 1. The molecule has 2 aromatic carbocycles. The first-order valence-electron chi connectivity index (χ1n) is 6.75. The second-order valence-corrected chi connectivity index (χ2v) is 5.12. The molecule has 0 bridgehead atoms. The van der Waals surface area contributed by atoms with Crippen LogP contribution in [-0.4, -0.2) is 24.0 Å². The second-order valence-electron chi connectivity index (χ2n) is 5.12. The molecule has 0 spiro atoms. The fourth-order valence-corrected chi connectivity index (χ4v) is 1.76. The van der Waals surface area contributed by atoms with Crippen molar-refractivity contribution in [1.29, 1.82) is 0 Å². The van der Waals surface area contributed by atoms with Gasteiger partial charge in [-0.1, -0.05) is 18.2 Å². The maximum Gasteiger partial charge on any atom is 0.335 e. The molecule has 0 radical (unpaired) electrons. The van der Waals surface area contributed by atoms with E-state index in [0.717, 1.165) is 0 Å². The summed E-state index contributed by atoms with van der Waals surface area (Å²) in [6.07, 6.45) is 0. The molecule has 22 heavy (non-hydrogen) atoms. The highest BCUT2D eigenvalue weighted by molar-refractivity contribution is 5.88. The van der Waals surface area contributed by atoms with Crippen LogP contribution in [0.2, 0.25) is 0 Å². The quantitative estimate of drug-likeness (QED) is 0.819. The smallest absolute Gasteiger partial charge is 0.335 e. The van der Waals surface area contributed by atoms with E-state index in [4.69, 9.17) is 14.2 Å². The lowest BCUT2D eigenvalue weighted by molar-refractivity contribution is -0.134. The van der Waals surface area contributed by atoms with E-state index < -0.39 is 11.8 Å². The van der Waals surface area contributed by atoms with Gasteiger partial charge in [-0.15, -0.1) is 0 Å². The van der Waals surface area contributed by atoms with Crippen molar-refractivity contribution in [2.75, 3.05) is 7.11 Å². The van der Waals surface area contributed by atoms with E-state index in [0.29, 0.717) is 17.2 Å². The maximum absolute atomic E-state index is 11.3. The van der Waals surface area contributed by atoms with Crippen LogP contribution < -0.4 is 9.47 Å². The number of carboxylic acids is 1. The van der Waals surface area contributed by atoms with Gasteiger partial charge in [0, 0.05) is 27.0 Å². The summed E-state index contributed by atoms with van der Waals surface area (Å²) in [4.78, 5) is 11.3. The minimum Gasteiger partial charge on any atom is -0.478 e. The molecule has 0 unspecified atom stereocenters. The molecular formula is C17H18O5. The van der Waals surface area contributed by atoms with Gasteiger partial charge in [0.05, 0.1) is 5.56 Å². The Morgan fingerprint density at radius 3 is 2.23 bits per heavy atom. The highest BCUT2D eigenvalue weighted by atomic mass is 16.7. The van der Waals surface area contributed by atoms with Crippen LogP contribution in [0.4, 0.5) is 0 Å². The van der Waals surface area contributed by atoms with E-state index in [1.165, 1.54) is 19.2 Å².